The zero-order valence-corrected chi connectivity index (χ0v) is 13.6. The van der Waals surface area contributed by atoms with E-state index in [0.717, 1.165) is 0 Å². The number of hydrogen-bond acceptors (Lipinski definition) is 3. The summed E-state index contributed by atoms with van der Waals surface area (Å²) in [7, 11) is 2.18. The van der Waals surface area contributed by atoms with E-state index >= 15 is 0 Å². The van der Waals surface area contributed by atoms with Crippen LogP contribution in [0.5, 0.6) is 0 Å². The third-order valence-electron chi connectivity index (χ3n) is 5.46. The van der Waals surface area contributed by atoms with Crippen LogP contribution in [0.1, 0.15) is 49.8 Å². The maximum Gasteiger partial charge on any atom is 0.0362 e. The van der Waals surface area contributed by atoms with Gasteiger partial charge in [-0.3, -0.25) is 4.90 Å². The summed E-state index contributed by atoms with van der Waals surface area (Å²) < 4.78 is 0. The minimum atomic E-state index is 0.461. The van der Waals surface area contributed by atoms with Gasteiger partial charge in [0.05, 0.1) is 0 Å². The van der Waals surface area contributed by atoms with Gasteiger partial charge in [-0.25, -0.2) is 0 Å². The first-order valence-corrected chi connectivity index (χ1v) is 9.18. The first kappa shape index (κ1) is 14.6. The second-order valence-electron chi connectivity index (χ2n) is 6.46. The number of thiophene rings is 1. The molecule has 3 rings (SSSR count). The maximum absolute atomic E-state index is 3.69. The van der Waals surface area contributed by atoms with Gasteiger partial charge in [0.2, 0.25) is 0 Å². The zero-order valence-electron chi connectivity index (χ0n) is 12.7. The summed E-state index contributed by atoms with van der Waals surface area (Å²) in [6.45, 7) is 2.66. The lowest BCUT2D eigenvalue weighted by Crippen LogP contribution is -2.58. The SMILES string of the molecule is CNC(CCc1cccs1)C1(N2CCCC2)CCCC1. The lowest BCUT2D eigenvalue weighted by molar-refractivity contribution is 0.0764. The van der Waals surface area contributed by atoms with E-state index < -0.39 is 0 Å². The highest BCUT2D eigenvalue weighted by Crippen LogP contribution is 2.41. The second-order valence-corrected chi connectivity index (χ2v) is 7.50. The Labute approximate surface area is 127 Å². The molecule has 1 N–H and O–H groups in total. The predicted octanol–water partition coefficient (Wildman–Crippen LogP) is 3.68. The molecule has 1 aliphatic carbocycles. The Bertz CT molecular complexity index is 389. The van der Waals surface area contributed by atoms with E-state index in [1.165, 1.54) is 64.5 Å². The number of aryl methyl sites for hydroxylation is 1. The van der Waals surface area contributed by atoms with Gasteiger partial charge in [-0.1, -0.05) is 18.9 Å². The average Bonchev–Trinajstić information content (AvgIpc) is 3.22. The fourth-order valence-electron chi connectivity index (χ4n) is 4.46. The van der Waals surface area contributed by atoms with E-state index in [4.69, 9.17) is 0 Å². The fourth-order valence-corrected chi connectivity index (χ4v) is 5.18. The monoisotopic (exact) mass is 292 g/mol. The molecule has 1 atom stereocenters. The molecule has 1 saturated heterocycles. The first-order valence-electron chi connectivity index (χ1n) is 8.30. The van der Waals surface area contributed by atoms with Crippen molar-refractivity contribution in [2.45, 2.75) is 62.9 Å². The van der Waals surface area contributed by atoms with Crippen molar-refractivity contribution in [3.05, 3.63) is 22.4 Å². The lowest BCUT2D eigenvalue weighted by Gasteiger charge is -2.45. The highest BCUT2D eigenvalue weighted by atomic mass is 32.1. The number of nitrogens with zero attached hydrogens (tertiary/aromatic N) is 1. The van der Waals surface area contributed by atoms with E-state index in [2.05, 4.69) is 34.8 Å². The van der Waals surface area contributed by atoms with E-state index in [-0.39, 0.29) is 0 Å². The summed E-state index contributed by atoms with van der Waals surface area (Å²) in [6, 6.07) is 5.12. The molecule has 2 heterocycles. The molecule has 0 radical (unpaired) electrons. The Morgan fingerprint density at radius 2 is 2.00 bits per heavy atom. The van der Waals surface area contributed by atoms with Crippen LogP contribution in [0.25, 0.3) is 0 Å². The van der Waals surface area contributed by atoms with Crippen molar-refractivity contribution < 1.29 is 0 Å². The Hall–Kier alpha value is -0.380. The minimum Gasteiger partial charge on any atom is -0.315 e. The third-order valence-corrected chi connectivity index (χ3v) is 6.40. The third kappa shape index (κ3) is 2.81. The number of likely N-dealkylation sites (N-methyl/N-ethyl adjacent to an activating group) is 1. The molecule has 1 unspecified atom stereocenters. The lowest BCUT2D eigenvalue weighted by atomic mass is 9.83. The van der Waals surface area contributed by atoms with Crippen LogP contribution in [0, 0.1) is 0 Å². The molecule has 2 fully saturated rings. The summed E-state index contributed by atoms with van der Waals surface area (Å²) in [4.78, 5) is 4.37. The van der Waals surface area contributed by atoms with E-state index in [9.17, 15) is 0 Å². The first-order chi connectivity index (χ1) is 9.85. The molecule has 2 aliphatic rings. The summed E-state index contributed by atoms with van der Waals surface area (Å²) in [5.41, 5.74) is 0.461. The van der Waals surface area contributed by atoms with Gasteiger partial charge in [0.1, 0.15) is 0 Å². The fraction of sp³-hybridized carbons (Fsp3) is 0.765. The van der Waals surface area contributed by atoms with Gasteiger partial charge >= 0.3 is 0 Å². The van der Waals surface area contributed by atoms with Crippen LogP contribution in [0.15, 0.2) is 17.5 Å². The van der Waals surface area contributed by atoms with Crippen molar-refractivity contribution in [2.24, 2.45) is 0 Å². The molecule has 0 amide bonds. The van der Waals surface area contributed by atoms with Crippen LogP contribution in [-0.4, -0.2) is 36.6 Å². The molecule has 112 valence electrons. The summed E-state index contributed by atoms with van der Waals surface area (Å²) in [6.07, 6.45) is 11.0. The van der Waals surface area contributed by atoms with Crippen molar-refractivity contribution in [3.8, 4) is 0 Å². The molecule has 2 nitrogen and oxygen atoms in total. The molecule has 20 heavy (non-hydrogen) atoms. The van der Waals surface area contributed by atoms with Crippen molar-refractivity contribution in [1.29, 1.82) is 0 Å². The van der Waals surface area contributed by atoms with E-state index in [1.54, 1.807) is 4.88 Å². The Balaban J connectivity index is 1.70. The Kier molecular flexibility index (Phi) is 4.79. The molecule has 0 aromatic carbocycles. The van der Waals surface area contributed by atoms with Gasteiger partial charge in [-0.05, 0) is 70.1 Å². The van der Waals surface area contributed by atoms with Crippen LogP contribution in [0.3, 0.4) is 0 Å². The molecular weight excluding hydrogens is 264 g/mol. The van der Waals surface area contributed by atoms with E-state index in [0.29, 0.717) is 11.6 Å². The molecule has 0 spiro atoms. The summed E-state index contributed by atoms with van der Waals surface area (Å²) in [5.74, 6) is 0. The molecule has 3 heteroatoms. The van der Waals surface area contributed by atoms with Crippen molar-refractivity contribution >= 4 is 11.3 Å². The van der Waals surface area contributed by atoms with Gasteiger partial charge in [0.25, 0.3) is 0 Å². The molecule has 1 aromatic rings. The van der Waals surface area contributed by atoms with Crippen LogP contribution < -0.4 is 5.32 Å². The molecule has 1 saturated carbocycles. The number of rotatable bonds is 6. The van der Waals surface area contributed by atoms with Crippen LogP contribution >= 0.6 is 11.3 Å². The molecular formula is C17H28N2S. The van der Waals surface area contributed by atoms with Crippen LogP contribution in [0.4, 0.5) is 0 Å². The van der Waals surface area contributed by atoms with Crippen LogP contribution in [0.2, 0.25) is 0 Å². The van der Waals surface area contributed by atoms with Crippen molar-refractivity contribution in [3.63, 3.8) is 0 Å². The highest BCUT2D eigenvalue weighted by molar-refractivity contribution is 7.09. The summed E-state index contributed by atoms with van der Waals surface area (Å²) >= 11 is 1.91. The van der Waals surface area contributed by atoms with Crippen molar-refractivity contribution in [2.75, 3.05) is 20.1 Å². The maximum atomic E-state index is 3.69. The summed E-state index contributed by atoms with van der Waals surface area (Å²) in [5, 5.41) is 5.89. The highest BCUT2D eigenvalue weighted by Gasteiger charge is 2.45. The topological polar surface area (TPSA) is 15.3 Å². The zero-order chi connectivity index (χ0) is 13.8. The quantitative estimate of drug-likeness (QED) is 0.860. The van der Waals surface area contributed by atoms with Gasteiger partial charge in [-0.15, -0.1) is 11.3 Å². The molecule has 1 aliphatic heterocycles. The van der Waals surface area contributed by atoms with Gasteiger partial charge < -0.3 is 5.32 Å². The minimum absolute atomic E-state index is 0.461. The number of likely N-dealkylation sites (tertiary alicyclic amines) is 1. The predicted molar refractivity (Wildman–Crippen MR) is 87.5 cm³/mol. The normalized spacial score (nSPS) is 24.2. The van der Waals surface area contributed by atoms with Gasteiger partial charge in [0, 0.05) is 16.5 Å². The average molecular weight is 292 g/mol. The number of nitrogens with one attached hydrogen (secondary N) is 1. The number of hydrogen-bond donors (Lipinski definition) is 1. The van der Waals surface area contributed by atoms with E-state index in [1.807, 2.05) is 11.3 Å². The van der Waals surface area contributed by atoms with Crippen LogP contribution in [-0.2, 0) is 6.42 Å². The Morgan fingerprint density at radius 3 is 2.60 bits per heavy atom. The molecule has 1 aromatic heterocycles. The second kappa shape index (κ2) is 6.59. The standard InChI is InChI=1S/C17H28N2S/c1-18-16(9-8-15-7-6-14-20-15)17(10-2-3-11-17)19-12-4-5-13-19/h6-7,14,16,18H,2-5,8-13H2,1H3. The largest absolute Gasteiger partial charge is 0.315 e. The van der Waals surface area contributed by atoms with Gasteiger partial charge in [0.15, 0.2) is 0 Å². The smallest absolute Gasteiger partial charge is 0.0362 e. The van der Waals surface area contributed by atoms with Crippen molar-refractivity contribution in [1.82, 2.24) is 10.2 Å². The Morgan fingerprint density at radius 1 is 1.25 bits per heavy atom. The van der Waals surface area contributed by atoms with Gasteiger partial charge in [-0.2, -0.15) is 0 Å². The molecule has 0 bridgehead atoms.